The fourth-order valence-corrected chi connectivity index (χ4v) is 9.49. The van der Waals surface area contributed by atoms with E-state index in [1.165, 1.54) is 135 Å². The van der Waals surface area contributed by atoms with Crippen LogP contribution >= 0.6 is 7.82 Å². The molecule has 0 aromatic rings. The quantitative estimate of drug-likeness (QED) is 0.0161. The van der Waals surface area contributed by atoms with Crippen LogP contribution in [0.1, 0.15) is 271 Å². The zero-order valence-corrected chi connectivity index (χ0v) is 51.1. The summed E-state index contributed by atoms with van der Waals surface area (Å²) in [6.07, 6.45) is 72.6. The van der Waals surface area contributed by atoms with Crippen LogP contribution in [0.4, 0.5) is 0 Å². The lowest BCUT2D eigenvalue weighted by molar-refractivity contribution is -0.870. The number of hydrogen-bond donors (Lipinski definition) is 1. The monoisotopic (exact) mass is 1080 g/mol. The van der Waals surface area contributed by atoms with Crippen LogP contribution in [0, 0.1) is 0 Å². The minimum atomic E-state index is -4.71. The Morgan fingerprint density at radius 3 is 1.39 bits per heavy atom. The van der Waals surface area contributed by atoms with Crippen LogP contribution in [0.5, 0.6) is 0 Å². The topological polar surface area (TPSA) is 114 Å². The molecule has 3 atom stereocenters. The number of ether oxygens (including phenoxy) is 1. The number of likely N-dealkylation sites (N-methyl/N-ethyl adjacent to an activating group) is 1. The normalized spacial score (nSPS) is 14.2. The number of phosphoric acid groups is 1. The van der Waals surface area contributed by atoms with E-state index in [9.17, 15) is 19.0 Å². The van der Waals surface area contributed by atoms with Gasteiger partial charge in [-0.25, -0.2) is 0 Å². The summed E-state index contributed by atoms with van der Waals surface area (Å²) in [5.74, 6) is -0.559. The molecule has 0 saturated heterocycles. The molecule has 0 aliphatic rings. The average Bonchev–Trinajstić information content (AvgIpc) is 3.38. The summed E-state index contributed by atoms with van der Waals surface area (Å²) in [7, 11) is 1.17. The molecule has 0 rings (SSSR count). The van der Waals surface area contributed by atoms with E-state index in [1.54, 1.807) is 0 Å². The number of unbranched alkanes of at least 4 members (excludes halogenated alkanes) is 30. The van der Waals surface area contributed by atoms with Crippen LogP contribution in [0.2, 0.25) is 0 Å². The molecule has 0 heterocycles. The second-order valence-corrected chi connectivity index (χ2v) is 23.6. The van der Waals surface area contributed by atoms with Crippen LogP contribution in [0.3, 0.4) is 0 Å². The Morgan fingerprint density at radius 2 is 0.895 bits per heavy atom. The van der Waals surface area contributed by atoms with Crippen LogP contribution in [0.25, 0.3) is 0 Å². The van der Waals surface area contributed by atoms with Crippen LogP contribution in [-0.4, -0.2) is 69.4 Å². The van der Waals surface area contributed by atoms with Crippen molar-refractivity contribution in [3.63, 3.8) is 0 Å². The van der Waals surface area contributed by atoms with E-state index in [0.717, 1.165) is 96.3 Å². The van der Waals surface area contributed by atoms with Crippen molar-refractivity contribution < 1.29 is 37.3 Å². The Balaban J connectivity index is 5.20. The number of nitrogens with zero attached hydrogens (tertiary/aromatic N) is 1. The molecule has 0 radical (unpaired) electrons. The molecule has 0 bridgehead atoms. The van der Waals surface area contributed by atoms with E-state index < -0.39 is 26.6 Å². The molecule has 10 heteroatoms. The summed E-state index contributed by atoms with van der Waals surface area (Å²) >= 11 is 0. The molecular weight excluding hydrogens is 964 g/mol. The first-order chi connectivity index (χ1) is 36.9. The molecule has 440 valence electrons. The van der Waals surface area contributed by atoms with Gasteiger partial charge in [0.25, 0.3) is 7.82 Å². The van der Waals surface area contributed by atoms with Crippen molar-refractivity contribution in [3.05, 3.63) is 85.1 Å². The van der Waals surface area contributed by atoms with E-state index in [4.69, 9.17) is 13.8 Å². The van der Waals surface area contributed by atoms with E-state index in [0.29, 0.717) is 23.9 Å². The molecule has 0 aromatic carbocycles. The molecule has 1 amide bonds. The van der Waals surface area contributed by atoms with Gasteiger partial charge in [0.15, 0.2) is 0 Å². The molecule has 76 heavy (non-hydrogen) atoms. The number of phosphoric ester groups is 1. The van der Waals surface area contributed by atoms with Gasteiger partial charge in [0.1, 0.15) is 19.3 Å². The smallest absolute Gasteiger partial charge is 0.306 e. The van der Waals surface area contributed by atoms with Crippen molar-refractivity contribution in [1.29, 1.82) is 0 Å². The van der Waals surface area contributed by atoms with Gasteiger partial charge in [-0.05, 0) is 89.5 Å². The number of rotatable bonds is 56. The Kier molecular flexibility index (Phi) is 53.5. The van der Waals surface area contributed by atoms with Crippen molar-refractivity contribution >= 4 is 19.7 Å². The first-order valence-corrected chi connectivity index (χ1v) is 32.9. The van der Waals surface area contributed by atoms with Crippen LogP contribution < -0.4 is 10.2 Å². The lowest BCUT2D eigenvalue weighted by Gasteiger charge is -2.30. The van der Waals surface area contributed by atoms with E-state index >= 15 is 0 Å². The SMILES string of the molecule is CC/C=C/C=C/C=C/CCCCCCCCCC(=O)OC(/C=C\CCCCCCCCCCCC)C(COP(=O)([O-])OCC[N+](C)(C)C)NC(=O)CCCCCCCCCCCC/C=C\C/C=C\C/C=C\CCCCC. The van der Waals surface area contributed by atoms with Crippen molar-refractivity contribution in [1.82, 2.24) is 5.32 Å². The highest BCUT2D eigenvalue weighted by molar-refractivity contribution is 7.45. The van der Waals surface area contributed by atoms with E-state index in [1.807, 2.05) is 33.3 Å². The maximum Gasteiger partial charge on any atom is 0.306 e. The first kappa shape index (κ1) is 73.2. The molecular formula is C66H119N2O7P. The highest BCUT2D eigenvalue weighted by Crippen LogP contribution is 2.38. The third-order valence-electron chi connectivity index (χ3n) is 13.6. The van der Waals surface area contributed by atoms with E-state index in [-0.39, 0.29) is 24.9 Å². The molecule has 0 aliphatic heterocycles. The number of quaternary nitrogens is 1. The van der Waals surface area contributed by atoms with Crippen molar-refractivity contribution in [2.24, 2.45) is 0 Å². The number of esters is 1. The summed E-state index contributed by atoms with van der Waals surface area (Å²) in [5.41, 5.74) is 0. The second-order valence-electron chi connectivity index (χ2n) is 22.2. The molecule has 0 fully saturated rings. The second kappa shape index (κ2) is 55.5. The number of carbonyl (C=O) groups is 2. The Labute approximate surface area is 469 Å². The van der Waals surface area contributed by atoms with Gasteiger partial charge in [0, 0.05) is 12.8 Å². The molecule has 9 nitrogen and oxygen atoms in total. The third kappa shape index (κ3) is 55.9. The highest BCUT2D eigenvalue weighted by atomic mass is 31.2. The molecule has 0 aliphatic carbocycles. The standard InChI is InChI=1S/C66H119N2O7P/c1-7-10-13-16-19-22-25-28-30-31-32-33-34-35-36-37-39-40-43-46-49-52-55-58-65(69)67-63(62-74-76(71,72)73-61-60-68(4,5)6)64(57-54-51-48-45-42-27-24-21-18-15-12-9-3)75-66(70)59-56-53-50-47-44-41-38-29-26-23-20-17-14-11-8-2/h11,14,17,19-20,22-23,26,28,30,32-33,54,57,63-64H,7-10,12-13,15-16,18,21,24-25,27,29,31,34-53,55-56,58-62H2,1-6H3,(H-,67,69,71,72)/b14-11+,20-17+,22-19-,26-23+,30-28-,33-32-,57-54-. The average molecular weight is 1080 g/mol. The van der Waals surface area contributed by atoms with Crippen LogP contribution in [0.15, 0.2) is 85.1 Å². The zero-order chi connectivity index (χ0) is 55.7. The van der Waals surface area contributed by atoms with E-state index in [2.05, 4.69) is 99.0 Å². The molecule has 0 saturated carbocycles. The lowest BCUT2D eigenvalue weighted by Crippen LogP contribution is -2.47. The minimum absolute atomic E-state index is 0.0284. The van der Waals surface area contributed by atoms with Gasteiger partial charge < -0.3 is 28.5 Å². The fourth-order valence-electron chi connectivity index (χ4n) is 8.76. The van der Waals surface area contributed by atoms with Gasteiger partial charge in [-0.3, -0.25) is 14.2 Å². The van der Waals surface area contributed by atoms with Gasteiger partial charge >= 0.3 is 5.97 Å². The largest absolute Gasteiger partial charge is 0.756 e. The van der Waals surface area contributed by atoms with Gasteiger partial charge in [0.05, 0.1) is 33.8 Å². The zero-order valence-electron chi connectivity index (χ0n) is 50.2. The fraction of sp³-hybridized carbons (Fsp3) is 0.758. The van der Waals surface area contributed by atoms with Gasteiger partial charge in [-0.15, -0.1) is 0 Å². The summed E-state index contributed by atoms with van der Waals surface area (Å²) < 4.78 is 30.3. The Bertz CT molecular complexity index is 1580. The molecule has 1 N–H and O–H groups in total. The van der Waals surface area contributed by atoms with Crippen LogP contribution in [-0.2, 0) is 27.9 Å². The predicted octanol–water partition coefficient (Wildman–Crippen LogP) is 18.8. The summed E-state index contributed by atoms with van der Waals surface area (Å²) in [6, 6.07) is -0.899. The Morgan fingerprint density at radius 1 is 0.487 bits per heavy atom. The van der Waals surface area contributed by atoms with Gasteiger partial charge in [-0.2, -0.15) is 0 Å². The van der Waals surface area contributed by atoms with Gasteiger partial charge in [0.2, 0.25) is 5.91 Å². The number of amides is 1. The number of nitrogens with one attached hydrogen (secondary N) is 1. The maximum absolute atomic E-state index is 13.5. The minimum Gasteiger partial charge on any atom is -0.756 e. The summed E-state index contributed by atoms with van der Waals surface area (Å²) in [5, 5.41) is 3.03. The number of carbonyl (C=O) groups excluding carboxylic acids is 2. The predicted molar refractivity (Wildman–Crippen MR) is 325 cm³/mol. The maximum atomic E-state index is 13.5. The van der Waals surface area contributed by atoms with Gasteiger partial charge in [-0.1, -0.05) is 254 Å². The molecule has 3 unspecified atom stereocenters. The molecule has 0 aromatic heterocycles. The van der Waals surface area contributed by atoms with Crippen molar-refractivity contribution in [3.8, 4) is 0 Å². The lowest BCUT2D eigenvalue weighted by atomic mass is 10.0. The Hall–Kier alpha value is -2.81. The first-order valence-electron chi connectivity index (χ1n) is 31.4. The summed E-state index contributed by atoms with van der Waals surface area (Å²) in [6.45, 7) is 6.68. The number of hydrogen-bond acceptors (Lipinski definition) is 7. The third-order valence-corrected chi connectivity index (χ3v) is 14.6. The summed E-state index contributed by atoms with van der Waals surface area (Å²) in [4.78, 5) is 40.0. The number of allylic oxidation sites excluding steroid dienone is 13. The van der Waals surface area contributed by atoms with Crippen molar-refractivity contribution in [2.45, 2.75) is 283 Å². The highest BCUT2D eigenvalue weighted by Gasteiger charge is 2.27. The van der Waals surface area contributed by atoms with Crippen molar-refractivity contribution in [2.75, 3.05) is 40.9 Å². The molecule has 0 spiro atoms.